The van der Waals surface area contributed by atoms with E-state index in [0.717, 1.165) is 38.3 Å². The Labute approximate surface area is 186 Å². The summed E-state index contributed by atoms with van der Waals surface area (Å²) in [6.07, 6.45) is 4.16. The number of fused-ring (bicyclic) bond motifs is 1. The summed E-state index contributed by atoms with van der Waals surface area (Å²) in [5, 5.41) is 12.6. The third-order valence-electron chi connectivity index (χ3n) is 6.54. The Balaban J connectivity index is 1.17. The van der Waals surface area contributed by atoms with Crippen molar-refractivity contribution in [3.63, 3.8) is 0 Å². The molecule has 2 unspecified atom stereocenters. The van der Waals surface area contributed by atoms with E-state index in [1.54, 1.807) is 0 Å². The number of likely N-dealkylation sites (tertiary alicyclic amines) is 1. The van der Waals surface area contributed by atoms with Gasteiger partial charge in [-0.25, -0.2) is 4.39 Å². The van der Waals surface area contributed by atoms with Crippen LogP contribution in [0.2, 0.25) is 5.02 Å². The van der Waals surface area contributed by atoms with Gasteiger partial charge in [0.1, 0.15) is 11.6 Å². The number of nitrogens with one attached hydrogen (secondary N) is 1. The fourth-order valence-corrected chi connectivity index (χ4v) is 5.21. The normalized spacial score (nSPS) is 23.1. The zero-order valence-electron chi connectivity index (χ0n) is 17.4. The summed E-state index contributed by atoms with van der Waals surface area (Å²) < 4.78 is 13.5. The van der Waals surface area contributed by atoms with E-state index in [1.807, 2.05) is 24.4 Å². The maximum absolute atomic E-state index is 13.5. The van der Waals surface area contributed by atoms with Crippen molar-refractivity contribution in [3.8, 4) is 11.3 Å². The molecule has 5 nitrogen and oxygen atoms in total. The molecular formula is C24H25ClFN5. The van der Waals surface area contributed by atoms with Crippen LogP contribution in [0.4, 0.5) is 10.2 Å². The predicted octanol–water partition coefficient (Wildman–Crippen LogP) is 4.96. The van der Waals surface area contributed by atoms with E-state index < -0.39 is 0 Å². The summed E-state index contributed by atoms with van der Waals surface area (Å²) >= 11 is 6.18. The summed E-state index contributed by atoms with van der Waals surface area (Å²) in [5.41, 5.74) is 3.57. The number of aromatic nitrogens is 3. The zero-order chi connectivity index (χ0) is 21.4. The van der Waals surface area contributed by atoms with Crippen molar-refractivity contribution >= 4 is 17.4 Å². The highest BCUT2D eigenvalue weighted by Gasteiger charge is 2.41. The first-order valence-corrected chi connectivity index (χ1v) is 11.1. The molecule has 0 spiro atoms. The first-order valence-electron chi connectivity index (χ1n) is 10.7. The van der Waals surface area contributed by atoms with E-state index in [4.69, 9.17) is 11.6 Å². The van der Waals surface area contributed by atoms with Crippen molar-refractivity contribution < 1.29 is 4.39 Å². The van der Waals surface area contributed by atoms with E-state index in [1.165, 1.54) is 29.5 Å². The molecule has 0 radical (unpaired) electrons. The quantitative estimate of drug-likeness (QED) is 0.611. The van der Waals surface area contributed by atoms with Crippen molar-refractivity contribution in [1.82, 2.24) is 20.1 Å². The third-order valence-corrected chi connectivity index (χ3v) is 6.87. The second kappa shape index (κ2) is 8.52. The standard InChI is InChI=1S/C24H25ClFN5/c1-15-3-2-8-27-23(15)14-31-12-16-9-19(10-17(16)13-31)28-24-7-6-22(29-30-24)20-11-18(26)4-5-21(20)25/h2-8,11,16-17,19H,9-10,12-14H2,1H3,(H,28,30). The summed E-state index contributed by atoms with van der Waals surface area (Å²) in [4.78, 5) is 7.09. The second-order valence-electron chi connectivity index (χ2n) is 8.72. The molecule has 0 amide bonds. The molecule has 2 aliphatic rings. The van der Waals surface area contributed by atoms with Gasteiger partial charge in [-0.3, -0.25) is 9.88 Å². The van der Waals surface area contributed by atoms with Crippen LogP contribution in [-0.2, 0) is 6.54 Å². The summed E-state index contributed by atoms with van der Waals surface area (Å²) in [6.45, 7) is 5.32. The lowest BCUT2D eigenvalue weighted by atomic mass is 10.0. The molecule has 1 aliphatic carbocycles. The Bertz CT molecular complexity index is 1060. The lowest BCUT2D eigenvalue weighted by Crippen LogP contribution is -2.25. The topological polar surface area (TPSA) is 53.9 Å². The third kappa shape index (κ3) is 4.41. The molecule has 1 saturated carbocycles. The molecule has 5 rings (SSSR count). The molecule has 0 bridgehead atoms. The fraction of sp³-hybridized carbons (Fsp3) is 0.375. The minimum atomic E-state index is -0.340. The minimum Gasteiger partial charge on any atom is -0.366 e. The minimum absolute atomic E-state index is 0.340. The average Bonchev–Trinajstić information content (AvgIpc) is 3.30. The van der Waals surface area contributed by atoms with Gasteiger partial charge >= 0.3 is 0 Å². The average molecular weight is 438 g/mol. The van der Waals surface area contributed by atoms with Crippen LogP contribution in [0.25, 0.3) is 11.3 Å². The number of hydrogen-bond acceptors (Lipinski definition) is 5. The Morgan fingerprint density at radius 3 is 2.61 bits per heavy atom. The van der Waals surface area contributed by atoms with Crippen LogP contribution in [0.3, 0.4) is 0 Å². The molecule has 7 heteroatoms. The van der Waals surface area contributed by atoms with Gasteiger partial charge in [0, 0.05) is 37.4 Å². The second-order valence-corrected chi connectivity index (χ2v) is 9.13. The molecule has 3 aromatic rings. The predicted molar refractivity (Wildman–Crippen MR) is 120 cm³/mol. The Kier molecular flexibility index (Phi) is 5.59. The number of aryl methyl sites for hydroxylation is 1. The van der Waals surface area contributed by atoms with E-state index in [2.05, 4.69) is 38.4 Å². The summed E-state index contributed by atoms with van der Waals surface area (Å²) in [5.74, 6) is 1.83. The number of anilines is 1. The molecule has 1 aliphatic heterocycles. The lowest BCUT2D eigenvalue weighted by molar-refractivity contribution is 0.297. The van der Waals surface area contributed by atoms with Gasteiger partial charge in [-0.2, -0.15) is 0 Å². The zero-order valence-corrected chi connectivity index (χ0v) is 18.2. The van der Waals surface area contributed by atoms with Crippen LogP contribution in [0.5, 0.6) is 0 Å². The van der Waals surface area contributed by atoms with Gasteiger partial charge in [-0.1, -0.05) is 17.7 Å². The Morgan fingerprint density at radius 2 is 1.90 bits per heavy atom. The maximum atomic E-state index is 13.5. The largest absolute Gasteiger partial charge is 0.366 e. The van der Waals surface area contributed by atoms with Crippen molar-refractivity contribution in [2.45, 2.75) is 32.4 Å². The first-order chi connectivity index (χ1) is 15.0. The SMILES string of the molecule is Cc1cccnc1CN1CC2CC(Nc3ccc(-c4cc(F)ccc4Cl)nn3)CC2C1. The molecule has 31 heavy (non-hydrogen) atoms. The molecule has 2 aromatic heterocycles. The fourth-order valence-electron chi connectivity index (χ4n) is 5.00. The van der Waals surface area contributed by atoms with Gasteiger partial charge in [0.15, 0.2) is 0 Å². The van der Waals surface area contributed by atoms with Crippen molar-refractivity contribution in [3.05, 3.63) is 70.8 Å². The Morgan fingerprint density at radius 1 is 1.10 bits per heavy atom. The van der Waals surface area contributed by atoms with Crippen LogP contribution < -0.4 is 5.32 Å². The van der Waals surface area contributed by atoms with E-state index >= 15 is 0 Å². The summed E-state index contributed by atoms with van der Waals surface area (Å²) in [6, 6.07) is 12.5. The number of benzene rings is 1. The molecular weight excluding hydrogens is 413 g/mol. The van der Waals surface area contributed by atoms with Gasteiger partial charge in [-0.15, -0.1) is 10.2 Å². The lowest BCUT2D eigenvalue weighted by Gasteiger charge is -2.20. The summed E-state index contributed by atoms with van der Waals surface area (Å²) in [7, 11) is 0. The highest BCUT2D eigenvalue weighted by Crippen LogP contribution is 2.39. The number of pyridine rings is 1. The highest BCUT2D eigenvalue weighted by atomic mass is 35.5. The van der Waals surface area contributed by atoms with Gasteiger partial charge in [0.25, 0.3) is 0 Å². The number of halogens is 2. The maximum Gasteiger partial charge on any atom is 0.148 e. The van der Waals surface area contributed by atoms with E-state index in [-0.39, 0.29) is 5.82 Å². The van der Waals surface area contributed by atoms with Gasteiger partial charge in [0.2, 0.25) is 0 Å². The molecule has 2 atom stereocenters. The molecule has 2 fully saturated rings. The molecule has 1 saturated heterocycles. The van der Waals surface area contributed by atoms with Crippen LogP contribution in [-0.4, -0.2) is 39.2 Å². The van der Waals surface area contributed by atoms with Crippen LogP contribution in [0, 0.1) is 24.6 Å². The number of nitrogens with zero attached hydrogens (tertiary/aromatic N) is 4. The van der Waals surface area contributed by atoms with Gasteiger partial charge in [-0.05, 0) is 73.6 Å². The highest BCUT2D eigenvalue weighted by molar-refractivity contribution is 6.33. The smallest absolute Gasteiger partial charge is 0.148 e. The van der Waals surface area contributed by atoms with E-state index in [0.29, 0.717) is 34.2 Å². The van der Waals surface area contributed by atoms with E-state index in [9.17, 15) is 4.39 Å². The Hall–Kier alpha value is -2.57. The molecule has 1 N–H and O–H groups in total. The number of rotatable bonds is 5. The molecule has 3 heterocycles. The van der Waals surface area contributed by atoms with Crippen LogP contribution in [0.1, 0.15) is 24.1 Å². The monoisotopic (exact) mass is 437 g/mol. The first kappa shape index (κ1) is 20.3. The van der Waals surface area contributed by atoms with Crippen molar-refractivity contribution in [2.24, 2.45) is 11.8 Å². The van der Waals surface area contributed by atoms with Crippen LogP contribution in [0.15, 0.2) is 48.7 Å². The number of hydrogen-bond donors (Lipinski definition) is 1. The van der Waals surface area contributed by atoms with Crippen molar-refractivity contribution in [2.75, 3.05) is 18.4 Å². The van der Waals surface area contributed by atoms with Crippen LogP contribution >= 0.6 is 11.6 Å². The van der Waals surface area contributed by atoms with Gasteiger partial charge < -0.3 is 5.32 Å². The molecule has 160 valence electrons. The van der Waals surface area contributed by atoms with Crippen molar-refractivity contribution in [1.29, 1.82) is 0 Å². The molecule has 1 aromatic carbocycles. The van der Waals surface area contributed by atoms with Gasteiger partial charge in [0.05, 0.1) is 16.4 Å².